The number of aromatic nitrogens is 2. The number of nitriles is 2. The summed E-state index contributed by atoms with van der Waals surface area (Å²) in [6.07, 6.45) is 3.69. The topological polar surface area (TPSA) is 86.5 Å². The molecule has 0 fully saturated rings. The number of rotatable bonds is 3. The fourth-order valence-electron chi connectivity index (χ4n) is 5.15. The number of fused-ring (bicyclic) bond motifs is 3. The van der Waals surface area contributed by atoms with Crippen LogP contribution in [0.15, 0.2) is 120 Å². The molecule has 4 aromatic carbocycles. The Balaban J connectivity index is 0.000000209. The van der Waals surface area contributed by atoms with Crippen molar-refractivity contribution in [3.63, 3.8) is 0 Å². The summed E-state index contributed by atoms with van der Waals surface area (Å²) in [5.74, 6) is 0. The molecule has 0 amide bonds. The van der Waals surface area contributed by atoms with Crippen LogP contribution in [0.3, 0.4) is 0 Å². The standard InChI is InChI=1S/C25H12N3O.C15H16N.Ir/c26-14-16-7-9-17(10-8-16)23-18(15-27)11-12-20-19-4-3-5-21(24(19)29-25(20)23)22-6-1-2-13-28-22;1-15(2,3)13-9-10-14(16-11-13)12-7-5-4-6-8-12;/h1-4,6-13H;4-7,9-11H,1-3H3;/q2*-1;. The molecular formula is C40H28IrN4O-2. The number of furan rings is 1. The van der Waals surface area contributed by atoms with Crippen LogP contribution >= 0.6 is 0 Å². The number of pyridine rings is 2. The minimum atomic E-state index is 0. The van der Waals surface area contributed by atoms with E-state index >= 15 is 0 Å². The molecule has 0 aliphatic carbocycles. The van der Waals surface area contributed by atoms with Gasteiger partial charge in [0.05, 0.1) is 28.8 Å². The normalized spacial score (nSPS) is 10.7. The maximum Gasteiger partial charge on any atom is 0.130 e. The van der Waals surface area contributed by atoms with Crippen molar-refractivity contribution in [3.05, 3.63) is 144 Å². The molecule has 0 spiro atoms. The van der Waals surface area contributed by atoms with Gasteiger partial charge < -0.3 is 14.4 Å². The van der Waals surface area contributed by atoms with Crippen molar-refractivity contribution in [1.82, 2.24) is 9.97 Å². The van der Waals surface area contributed by atoms with Crippen molar-refractivity contribution in [1.29, 1.82) is 10.5 Å². The van der Waals surface area contributed by atoms with Crippen LogP contribution in [0.2, 0.25) is 0 Å². The summed E-state index contributed by atoms with van der Waals surface area (Å²) < 4.78 is 6.34. The Bertz CT molecular complexity index is 2190. The first kappa shape index (κ1) is 32.0. The third kappa shape index (κ3) is 6.51. The zero-order valence-electron chi connectivity index (χ0n) is 25.5. The first-order valence-electron chi connectivity index (χ1n) is 14.5. The van der Waals surface area contributed by atoms with Crippen molar-refractivity contribution in [3.8, 4) is 45.8 Å². The predicted octanol–water partition coefficient (Wildman–Crippen LogP) is 9.70. The second-order valence-corrected chi connectivity index (χ2v) is 11.5. The van der Waals surface area contributed by atoms with E-state index in [1.807, 2.05) is 85.1 Å². The van der Waals surface area contributed by atoms with E-state index in [2.05, 4.69) is 67.1 Å². The van der Waals surface area contributed by atoms with Crippen LogP contribution in [0.25, 0.3) is 55.6 Å². The summed E-state index contributed by atoms with van der Waals surface area (Å²) in [6.45, 7) is 6.58. The molecule has 0 saturated carbocycles. The number of nitrogens with zero attached hydrogens (tertiary/aromatic N) is 4. The van der Waals surface area contributed by atoms with Gasteiger partial charge in [-0.3, -0.25) is 0 Å². The summed E-state index contributed by atoms with van der Waals surface area (Å²) in [6, 6.07) is 43.3. The average molecular weight is 773 g/mol. The van der Waals surface area contributed by atoms with E-state index in [0.717, 1.165) is 44.4 Å². The summed E-state index contributed by atoms with van der Waals surface area (Å²) in [5, 5.41) is 20.6. The predicted molar refractivity (Wildman–Crippen MR) is 178 cm³/mol. The van der Waals surface area contributed by atoms with Crippen LogP contribution in [-0.2, 0) is 25.5 Å². The fourth-order valence-corrected chi connectivity index (χ4v) is 5.15. The third-order valence-electron chi connectivity index (χ3n) is 7.56. The third-order valence-corrected chi connectivity index (χ3v) is 7.56. The van der Waals surface area contributed by atoms with Gasteiger partial charge >= 0.3 is 0 Å². The molecule has 1 radical (unpaired) electrons. The summed E-state index contributed by atoms with van der Waals surface area (Å²) in [4.78, 5) is 8.91. The van der Waals surface area contributed by atoms with Gasteiger partial charge in [-0.15, -0.1) is 54.1 Å². The van der Waals surface area contributed by atoms with Crippen molar-refractivity contribution >= 4 is 21.9 Å². The average Bonchev–Trinajstić information content (AvgIpc) is 3.47. The van der Waals surface area contributed by atoms with Gasteiger partial charge in [0, 0.05) is 43.4 Å². The zero-order valence-corrected chi connectivity index (χ0v) is 27.9. The Kier molecular flexibility index (Phi) is 9.55. The van der Waals surface area contributed by atoms with E-state index in [4.69, 9.17) is 9.68 Å². The Morgan fingerprint density at radius 3 is 2.11 bits per heavy atom. The molecule has 3 heterocycles. The fraction of sp³-hybridized carbons (Fsp3) is 0.100. The molecule has 0 N–H and O–H groups in total. The molecule has 7 aromatic rings. The molecule has 0 bridgehead atoms. The van der Waals surface area contributed by atoms with Crippen LogP contribution in [-0.4, -0.2) is 9.97 Å². The molecule has 7 rings (SSSR count). The SMILES string of the molecule is CC(C)(C)c1ccc(-c2[c-]cccc2)nc1.N#Cc1ccc(-c2c(C#N)ccc3c2oc2c(-c4ccccn4)[c-]ccc23)cc1.[Ir]. The molecule has 0 aliphatic rings. The van der Waals surface area contributed by atoms with E-state index < -0.39 is 0 Å². The van der Waals surface area contributed by atoms with Gasteiger partial charge in [-0.2, -0.15) is 10.5 Å². The Labute approximate surface area is 282 Å². The second-order valence-electron chi connectivity index (χ2n) is 11.5. The smallest absolute Gasteiger partial charge is 0.130 e. The Morgan fingerprint density at radius 1 is 0.696 bits per heavy atom. The van der Waals surface area contributed by atoms with E-state index in [1.54, 1.807) is 18.3 Å². The van der Waals surface area contributed by atoms with Crippen LogP contribution in [0.5, 0.6) is 0 Å². The number of hydrogen-bond acceptors (Lipinski definition) is 5. The maximum atomic E-state index is 9.69. The Morgan fingerprint density at radius 2 is 1.48 bits per heavy atom. The van der Waals surface area contributed by atoms with Crippen molar-refractivity contribution in [2.45, 2.75) is 26.2 Å². The second kappa shape index (κ2) is 13.7. The van der Waals surface area contributed by atoms with E-state index in [0.29, 0.717) is 22.3 Å². The van der Waals surface area contributed by atoms with E-state index in [9.17, 15) is 5.26 Å². The van der Waals surface area contributed by atoms with Crippen LogP contribution in [0, 0.1) is 34.8 Å². The van der Waals surface area contributed by atoms with Gasteiger partial charge in [0.1, 0.15) is 5.58 Å². The first-order valence-corrected chi connectivity index (χ1v) is 14.5. The summed E-state index contributed by atoms with van der Waals surface area (Å²) in [5.41, 5.74) is 8.95. The monoisotopic (exact) mass is 773 g/mol. The van der Waals surface area contributed by atoms with Gasteiger partial charge in [0.25, 0.3) is 0 Å². The molecule has 0 saturated heterocycles. The molecule has 0 unspecified atom stereocenters. The number of benzene rings is 4. The van der Waals surface area contributed by atoms with E-state index in [-0.39, 0.29) is 25.5 Å². The van der Waals surface area contributed by atoms with Crippen LogP contribution in [0.4, 0.5) is 0 Å². The van der Waals surface area contributed by atoms with Gasteiger partial charge in [0.15, 0.2) is 0 Å². The minimum absolute atomic E-state index is 0. The van der Waals surface area contributed by atoms with Gasteiger partial charge in [0.2, 0.25) is 0 Å². The first-order chi connectivity index (χ1) is 21.9. The van der Waals surface area contributed by atoms with Gasteiger partial charge in [-0.1, -0.05) is 74.2 Å². The van der Waals surface area contributed by atoms with Crippen LogP contribution in [0.1, 0.15) is 37.5 Å². The largest absolute Gasteiger partial charge is 0.500 e. The zero-order chi connectivity index (χ0) is 31.4. The summed E-state index contributed by atoms with van der Waals surface area (Å²) >= 11 is 0. The molecule has 3 aromatic heterocycles. The molecule has 225 valence electrons. The van der Waals surface area contributed by atoms with Gasteiger partial charge in [-0.25, -0.2) is 0 Å². The van der Waals surface area contributed by atoms with Crippen molar-refractivity contribution < 1.29 is 24.5 Å². The molecule has 0 atom stereocenters. The Hall–Kier alpha value is -5.39. The maximum absolute atomic E-state index is 9.69. The molecule has 0 aliphatic heterocycles. The van der Waals surface area contributed by atoms with Crippen molar-refractivity contribution in [2.24, 2.45) is 0 Å². The van der Waals surface area contributed by atoms with Crippen LogP contribution < -0.4 is 0 Å². The van der Waals surface area contributed by atoms with E-state index in [1.165, 1.54) is 5.56 Å². The molecule has 5 nitrogen and oxygen atoms in total. The summed E-state index contributed by atoms with van der Waals surface area (Å²) in [7, 11) is 0. The molecular weight excluding hydrogens is 745 g/mol. The quantitative estimate of drug-likeness (QED) is 0.167. The molecule has 6 heteroatoms. The number of hydrogen-bond donors (Lipinski definition) is 0. The molecule has 46 heavy (non-hydrogen) atoms. The van der Waals surface area contributed by atoms with Crippen molar-refractivity contribution in [2.75, 3.05) is 0 Å². The minimum Gasteiger partial charge on any atom is -0.500 e. The van der Waals surface area contributed by atoms with Gasteiger partial charge in [-0.05, 0) is 52.2 Å².